The van der Waals surface area contributed by atoms with E-state index in [2.05, 4.69) is 16.5 Å². The zero-order chi connectivity index (χ0) is 21.3. The second-order valence-corrected chi connectivity index (χ2v) is 8.99. The Morgan fingerprint density at radius 3 is 2.45 bits per heavy atom. The molecule has 1 N–H and O–H groups in total. The van der Waals surface area contributed by atoms with Gasteiger partial charge >= 0.3 is 0 Å². The van der Waals surface area contributed by atoms with E-state index in [-0.39, 0.29) is 0 Å². The van der Waals surface area contributed by atoms with E-state index in [1.165, 1.54) is 5.38 Å². The number of rotatable bonds is 6. The van der Waals surface area contributed by atoms with Crippen molar-refractivity contribution in [2.24, 2.45) is 0 Å². The first-order chi connectivity index (χ1) is 13.6. The van der Waals surface area contributed by atoms with Gasteiger partial charge in [0.15, 0.2) is 0 Å². The van der Waals surface area contributed by atoms with Crippen LogP contribution >= 0.6 is 22.9 Å². The molecule has 3 aromatic rings. The van der Waals surface area contributed by atoms with E-state index in [0.29, 0.717) is 29.5 Å². The van der Waals surface area contributed by atoms with Crippen molar-refractivity contribution in [1.29, 1.82) is 0 Å². The fourth-order valence-corrected chi connectivity index (χ4v) is 4.91. The Morgan fingerprint density at radius 1 is 1.10 bits per heavy atom. The van der Waals surface area contributed by atoms with Gasteiger partial charge in [-0.1, -0.05) is 11.6 Å². The maximum atomic E-state index is 14.5. The molecule has 1 aromatic heterocycles. The van der Waals surface area contributed by atoms with Crippen molar-refractivity contribution >= 4 is 38.5 Å². The molecule has 0 aliphatic heterocycles. The molecule has 0 bridgehead atoms. The number of alkyl halides is 2. The van der Waals surface area contributed by atoms with E-state index in [1.807, 2.05) is 0 Å². The molecular formula is C17H9ClF5N2O2S2. The standard InChI is InChI=1S/C17H9ClF5N2O2S2/c18-10-6-14(29(26,27)17-24-3-4-28-17)12(21)7-13(10)25-15(16(22)23)9-5-8(19)1-2-11(9)20/h1-2,4-7,15-16,25H/t15-/m1/s1. The minimum Gasteiger partial charge on any atom is -0.372 e. The predicted octanol–water partition coefficient (Wildman–Crippen LogP) is 5.27. The van der Waals surface area contributed by atoms with Gasteiger partial charge in [-0.05, 0) is 30.3 Å². The molecule has 12 heteroatoms. The molecule has 0 fully saturated rings. The number of anilines is 1. The topological polar surface area (TPSA) is 59.1 Å². The van der Waals surface area contributed by atoms with Crippen LogP contribution in [0, 0.1) is 23.6 Å². The van der Waals surface area contributed by atoms with Crippen molar-refractivity contribution in [2.75, 3.05) is 5.32 Å². The fourth-order valence-electron chi connectivity index (χ4n) is 2.44. The van der Waals surface area contributed by atoms with E-state index >= 15 is 0 Å². The summed E-state index contributed by atoms with van der Waals surface area (Å²) in [6.45, 7) is 0. The quantitative estimate of drug-likeness (QED) is 0.502. The number of hydrogen-bond acceptors (Lipinski definition) is 5. The number of nitrogens with one attached hydrogen (secondary N) is 1. The van der Waals surface area contributed by atoms with Gasteiger partial charge in [-0.25, -0.2) is 35.4 Å². The molecule has 1 radical (unpaired) electrons. The van der Waals surface area contributed by atoms with Crippen LogP contribution in [0.1, 0.15) is 11.6 Å². The lowest BCUT2D eigenvalue weighted by molar-refractivity contribution is 0.123. The van der Waals surface area contributed by atoms with Gasteiger partial charge in [-0.2, -0.15) is 0 Å². The van der Waals surface area contributed by atoms with Crippen molar-refractivity contribution in [2.45, 2.75) is 21.7 Å². The third kappa shape index (κ3) is 4.36. The summed E-state index contributed by atoms with van der Waals surface area (Å²) in [7, 11) is -4.34. The molecule has 1 heterocycles. The second kappa shape index (κ2) is 8.25. The first-order valence-electron chi connectivity index (χ1n) is 7.66. The van der Waals surface area contributed by atoms with Gasteiger partial charge in [0, 0.05) is 10.9 Å². The zero-order valence-electron chi connectivity index (χ0n) is 14.0. The number of hydrogen-bond donors (Lipinski definition) is 1. The number of halogens is 6. The van der Waals surface area contributed by atoms with Crippen molar-refractivity contribution in [3.63, 3.8) is 0 Å². The molecular weight excluding hydrogens is 459 g/mol. The first kappa shape index (κ1) is 21.5. The van der Waals surface area contributed by atoms with E-state index < -0.39 is 65.3 Å². The van der Waals surface area contributed by atoms with Crippen LogP contribution in [0.4, 0.5) is 27.6 Å². The Kier molecular flexibility index (Phi) is 6.11. The molecule has 2 aromatic carbocycles. The molecule has 0 aliphatic carbocycles. The van der Waals surface area contributed by atoms with Gasteiger partial charge in [-0.15, -0.1) is 11.3 Å². The van der Waals surface area contributed by atoms with Crippen LogP contribution in [0.3, 0.4) is 0 Å². The van der Waals surface area contributed by atoms with Gasteiger partial charge < -0.3 is 5.32 Å². The van der Waals surface area contributed by atoms with Crippen molar-refractivity contribution in [3.8, 4) is 0 Å². The summed E-state index contributed by atoms with van der Waals surface area (Å²) in [5, 5.41) is 2.97. The lowest BCUT2D eigenvalue weighted by Crippen LogP contribution is -2.21. The minimum atomic E-state index is -4.34. The van der Waals surface area contributed by atoms with Crippen LogP contribution in [0.5, 0.6) is 0 Å². The van der Waals surface area contributed by atoms with Gasteiger partial charge in [0.2, 0.25) is 14.2 Å². The summed E-state index contributed by atoms with van der Waals surface area (Å²) in [6.07, 6.45) is -0.933. The SMILES string of the molecule is O=S(=O)(c1n[c]cs1)c1cc(Cl)c(N[C@H](c2cc(F)ccc2F)C(F)F)cc1F. The van der Waals surface area contributed by atoms with Crippen LogP contribution in [0.15, 0.2) is 44.9 Å². The number of sulfone groups is 1. The predicted molar refractivity (Wildman–Crippen MR) is 96.5 cm³/mol. The smallest absolute Gasteiger partial charge is 0.262 e. The molecule has 3 rings (SSSR count). The first-order valence-corrected chi connectivity index (χ1v) is 10.4. The lowest BCUT2D eigenvalue weighted by Gasteiger charge is -2.21. The Bertz CT molecular complexity index is 1140. The maximum absolute atomic E-state index is 14.5. The van der Waals surface area contributed by atoms with Crippen LogP contribution in [0.25, 0.3) is 0 Å². The van der Waals surface area contributed by atoms with Crippen molar-refractivity contribution in [1.82, 2.24) is 4.98 Å². The van der Waals surface area contributed by atoms with Gasteiger partial charge in [0.05, 0.1) is 10.7 Å². The lowest BCUT2D eigenvalue weighted by atomic mass is 10.1. The highest BCUT2D eigenvalue weighted by Gasteiger charge is 2.29. The molecule has 1 atom stereocenters. The van der Waals surface area contributed by atoms with Crippen LogP contribution in [0.2, 0.25) is 5.02 Å². The van der Waals surface area contributed by atoms with Crippen molar-refractivity contribution in [3.05, 3.63) is 69.9 Å². The molecule has 0 saturated carbocycles. The van der Waals surface area contributed by atoms with E-state index in [1.54, 1.807) is 0 Å². The monoisotopic (exact) mass is 467 g/mol. The molecule has 4 nitrogen and oxygen atoms in total. The summed E-state index contributed by atoms with van der Waals surface area (Å²) in [4.78, 5) is 2.67. The normalized spacial score (nSPS) is 12.9. The number of nitrogens with zero attached hydrogens (tertiary/aromatic N) is 1. The molecule has 0 saturated heterocycles. The average Bonchev–Trinajstić information content (AvgIpc) is 3.19. The van der Waals surface area contributed by atoms with Gasteiger partial charge in [0.25, 0.3) is 6.43 Å². The summed E-state index contributed by atoms with van der Waals surface area (Å²) in [6, 6.07) is 1.23. The Labute approximate surface area is 170 Å². The number of benzene rings is 2. The van der Waals surface area contributed by atoms with Gasteiger partial charge in [0.1, 0.15) is 34.6 Å². The Hall–Kier alpha value is -2.24. The third-order valence-corrected chi connectivity index (χ3v) is 6.98. The molecule has 29 heavy (non-hydrogen) atoms. The largest absolute Gasteiger partial charge is 0.372 e. The molecule has 153 valence electrons. The number of thiazole rings is 1. The highest BCUT2D eigenvalue weighted by atomic mass is 35.5. The minimum absolute atomic E-state index is 0.423. The summed E-state index contributed by atoms with van der Waals surface area (Å²) < 4.78 is 93.1. The van der Waals surface area contributed by atoms with Crippen LogP contribution in [-0.4, -0.2) is 19.8 Å². The zero-order valence-corrected chi connectivity index (χ0v) is 16.4. The summed E-state index contributed by atoms with van der Waals surface area (Å²) in [5.41, 5.74) is -1.13. The number of aromatic nitrogens is 1. The van der Waals surface area contributed by atoms with Gasteiger partial charge in [-0.3, -0.25) is 0 Å². The Morgan fingerprint density at radius 2 is 1.83 bits per heavy atom. The molecule has 0 unspecified atom stereocenters. The highest BCUT2D eigenvalue weighted by molar-refractivity contribution is 7.93. The summed E-state index contributed by atoms with van der Waals surface area (Å²) >= 11 is 6.65. The summed E-state index contributed by atoms with van der Waals surface area (Å²) in [5.74, 6) is -3.35. The molecule has 0 spiro atoms. The fraction of sp³-hybridized carbons (Fsp3) is 0.118. The Balaban J connectivity index is 2.01. The van der Waals surface area contributed by atoms with E-state index in [4.69, 9.17) is 11.6 Å². The highest BCUT2D eigenvalue weighted by Crippen LogP contribution is 2.35. The van der Waals surface area contributed by atoms with Crippen LogP contribution in [-0.2, 0) is 9.84 Å². The third-order valence-electron chi connectivity index (χ3n) is 3.77. The maximum Gasteiger partial charge on any atom is 0.262 e. The molecule has 0 aliphatic rings. The van der Waals surface area contributed by atoms with Crippen LogP contribution < -0.4 is 5.32 Å². The molecule has 0 amide bonds. The van der Waals surface area contributed by atoms with E-state index in [9.17, 15) is 30.4 Å². The second-order valence-electron chi connectivity index (χ2n) is 5.63. The average molecular weight is 468 g/mol. The van der Waals surface area contributed by atoms with E-state index in [0.717, 1.165) is 12.1 Å². The van der Waals surface area contributed by atoms with Crippen molar-refractivity contribution < 1.29 is 30.4 Å².